The first-order chi connectivity index (χ1) is 9.10. The van der Waals surface area contributed by atoms with Crippen molar-refractivity contribution in [3.63, 3.8) is 0 Å². The molecule has 0 saturated carbocycles. The Bertz CT molecular complexity index is 590. The lowest BCUT2D eigenvalue weighted by Crippen LogP contribution is -2.00. The summed E-state index contributed by atoms with van der Waals surface area (Å²) in [5.41, 5.74) is 7.18. The molecule has 5 heteroatoms. The smallest absolute Gasteiger partial charge is 0.146 e. The number of benzene rings is 2. The molecule has 0 aliphatic heterocycles. The zero-order chi connectivity index (χ0) is 13.8. The molecule has 2 rings (SSSR count). The van der Waals surface area contributed by atoms with Gasteiger partial charge in [0.05, 0.1) is 12.8 Å². The van der Waals surface area contributed by atoms with Crippen LogP contribution < -0.4 is 15.2 Å². The van der Waals surface area contributed by atoms with Crippen LogP contribution in [0.4, 0.5) is 10.1 Å². The number of nitrogens with two attached hydrogens (primary N) is 1. The number of ether oxygens (including phenoxy) is 2. The van der Waals surface area contributed by atoms with E-state index in [1.54, 1.807) is 31.4 Å². The molecule has 100 valence electrons. The van der Waals surface area contributed by atoms with Crippen molar-refractivity contribution in [3.8, 4) is 11.5 Å². The van der Waals surface area contributed by atoms with E-state index in [1.807, 2.05) is 0 Å². The van der Waals surface area contributed by atoms with Crippen LogP contribution in [-0.2, 0) is 6.61 Å². The molecule has 0 aliphatic rings. The molecular formula is C14H13BrFNO2. The van der Waals surface area contributed by atoms with Crippen LogP contribution in [0.25, 0.3) is 0 Å². The third-order valence-corrected chi connectivity index (χ3v) is 3.36. The summed E-state index contributed by atoms with van der Waals surface area (Å²) in [6.45, 7) is 0.290. The van der Waals surface area contributed by atoms with Gasteiger partial charge in [0, 0.05) is 16.1 Å². The zero-order valence-electron chi connectivity index (χ0n) is 10.3. The zero-order valence-corrected chi connectivity index (χ0v) is 11.9. The highest BCUT2D eigenvalue weighted by molar-refractivity contribution is 9.10. The van der Waals surface area contributed by atoms with Crippen LogP contribution in [0.5, 0.6) is 11.5 Å². The van der Waals surface area contributed by atoms with Crippen molar-refractivity contribution in [1.82, 2.24) is 0 Å². The van der Waals surface area contributed by atoms with Gasteiger partial charge in [-0.05, 0) is 24.3 Å². The van der Waals surface area contributed by atoms with E-state index in [9.17, 15) is 4.39 Å². The van der Waals surface area contributed by atoms with Crippen molar-refractivity contribution in [3.05, 3.63) is 52.3 Å². The lowest BCUT2D eigenvalue weighted by molar-refractivity contribution is 0.304. The predicted octanol–water partition coefficient (Wildman–Crippen LogP) is 3.76. The first-order valence-electron chi connectivity index (χ1n) is 5.60. The second-order valence-electron chi connectivity index (χ2n) is 3.93. The molecule has 19 heavy (non-hydrogen) atoms. The Morgan fingerprint density at radius 2 is 2.00 bits per heavy atom. The van der Waals surface area contributed by atoms with E-state index < -0.39 is 0 Å². The van der Waals surface area contributed by atoms with Gasteiger partial charge in [-0.15, -0.1) is 0 Å². The highest BCUT2D eigenvalue weighted by Gasteiger charge is 2.06. The lowest BCUT2D eigenvalue weighted by atomic mass is 10.2. The predicted molar refractivity (Wildman–Crippen MR) is 75.8 cm³/mol. The summed E-state index contributed by atoms with van der Waals surface area (Å²) in [4.78, 5) is 0. The molecule has 0 bridgehead atoms. The van der Waals surface area contributed by atoms with Crippen LogP contribution in [0.15, 0.2) is 40.9 Å². The third kappa shape index (κ3) is 3.38. The molecule has 0 heterocycles. The van der Waals surface area contributed by atoms with Crippen LogP contribution in [-0.4, -0.2) is 7.11 Å². The van der Waals surface area contributed by atoms with Crippen molar-refractivity contribution in [1.29, 1.82) is 0 Å². The number of methoxy groups -OCH3 is 1. The molecule has 2 aromatic rings. The number of halogens is 2. The second kappa shape index (κ2) is 5.93. The normalized spacial score (nSPS) is 10.3. The van der Waals surface area contributed by atoms with Crippen LogP contribution in [0.1, 0.15) is 5.56 Å². The summed E-state index contributed by atoms with van der Waals surface area (Å²) in [6.07, 6.45) is 0. The van der Waals surface area contributed by atoms with Crippen molar-refractivity contribution in [2.24, 2.45) is 0 Å². The van der Waals surface area contributed by atoms with Crippen molar-refractivity contribution in [2.75, 3.05) is 12.8 Å². The van der Waals surface area contributed by atoms with Gasteiger partial charge in [0.25, 0.3) is 0 Å². The first-order valence-corrected chi connectivity index (χ1v) is 6.39. The fraction of sp³-hybridized carbons (Fsp3) is 0.143. The largest absolute Gasteiger partial charge is 0.497 e. The highest BCUT2D eigenvalue weighted by Crippen LogP contribution is 2.28. The summed E-state index contributed by atoms with van der Waals surface area (Å²) in [7, 11) is 1.58. The van der Waals surface area contributed by atoms with E-state index in [2.05, 4.69) is 15.9 Å². The van der Waals surface area contributed by atoms with Crippen LogP contribution in [0.2, 0.25) is 0 Å². The lowest BCUT2D eigenvalue weighted by Gasteiger charge is -2.11. The van der Waals surface area contributed by atoms with E-state index in [1.165, 1.54) is 12.1 Å². The van der Waals surface area contributed by atoms with Gasteiger partial charge in [-0.2, -0.15) is 0 Å². The quantitative estimate of drug-likeness (QED) is 0.870. The van der Waals surface area contributed by atoms with E-state index in [0.717, 1.165) is 5.56 Å². The maximum Gasteiger partial charge on any atom is 0.146 e. The van der Waals surface area contributed by atoms with Gasteiger partial charge in [0.15, 0.2) is 0 Å². The highest BCUT2D eigenvalue weighted by atomic mass is 79.9. The standard InChI is InChI=1S/C14H13BrFNO2/c1-18-11-4-5-13(17)14(7-11)19-8-9-2-3-10(16)6-12(9)15/h2-7H,8,17H2,1H3. The number of rotatable bonds is 4. The SMILES string of the molecule is COc1ccc(N)c(OCc2ccc(F)cc2Br)c1. The molecule has 0 aromatic heterocycles. The monoisotopic (exact) mass is 325 g/mol. The van der Waals surface area contributed by atoms with E-state index >= 15 is 0 Å². The van der Waals surface area contributed by atoms with E-state index in [4.69, 9.17) is 15.2 Å². The molecule has 0 atom stereocenters. The molecule has 0 fully saturated rings. The Kier molecular flexibility index (Phi) is 4.27. The Morgan fingerprint density at radius 1 is 1.21 bits per heavy atom. The van der Waals surface area contributed by atoms with Crippen LogP contribution >= 0.6 is 15.9 Å². The molecule has 0 amide bonds. The Morgan fingerprint density at radius 3 is 2.68 bits per heavy atom. The van der Waals surface area contributed by atoms with Gasteiger partial charge >= 0.3 is 0 Å². The fourth-order valence-corrected chi connectivity index (χ4v) is 2.03. The van der Waals surface area contributed by atoms with Crippen molar-refractivity contribution >= 4 is 21.6 Å². The van der Waals surface area contributed by atoms with Gasteiger partial charge in [0.2, 0.25) is 0 Å². The maximum absolute atomic E-state index is 13.0. The number of anilines is 1. The second-order valence-corrected chi connectivity index (χ2v) is 4.78. The minimum atomic E-state index is -0.295. The van der Waals surface area contributed by atoms with Gasteiger partial charge in [0.1, 0.15) is 23.9 Å². The summed E-state index contributed by atoms with van der Waals surface area (Å²) < 4.78 is 24.4. The average molecular weight is 326 g/mol. The van der Waals surface area contributed by atoms with Crippen molar-refractivity contribution in [2.45, 2.75) is 6.61 Å². The molecule has 0 unspecified atom stereocenters. The van der Waals surface area contributed by atoms with Crippen molar-refractivity contribution < 1.29 is 13.9 Å². The van der Waals surface area contributed by atoms with E-state index in [0.29, 0.717) is 21.7 Å². The molecular weight excluding hydrogens is 313 g/mol. The topological polar surface area (TPSA) is 44.5 Å². The van der Waals surface area contributed by atoms with E-state index in [-0.39, 0.29) is 12.4 Å². The molecule has 0 spiro atoms. The average Bonchev–Trinajstić information content (AvgIpc) is 2.39. The summed E-state index contributed by atoms with van der Waals surface area (Å²) >= 11 is 3.29. The number of hydrogen-bond donors (Lipinski definition) is 1. The Labute approximate surface area is 119 Å². The summed E-state index contributed by atoms with van der Waals surface area (Å²) in [5, 5.41) is 0. The molecule has 2 aromatic carbocycles. The number of nitrogen functional groups attached to an aromatic ring is 1. The fourth-order valence-electron chi connectivity index (χ4n) is 1.56. The maximum atomic E-state index is 13.0. The third-order valence-electron chi connectivity index (χ3n) is 2.62. The Balaban J connectivity index is 2.14. The molecule has 0 saturated heterocycles. The summed E-state index contributed by atoms with van der Waals surface area (Å²) in [6, 6.07) is 9.64. The molecule has 0 aliphatic carbocycles. The van der Waals surface area contributed by atoms with Crippen LogP contribution in [0.3, 0.4) is 0 Å². The van der Waals surface area contributed by atoms with Gasteiger partial charge in [-0.3, -0.25) is 0 Å². The molecule has 3 nitrogen and oxygen atoms in total. The molecule has 2 N–H and O–H groups in total. The minimum Gasteiger partial charge on any atom is -0.497 e. The first kappa shape index (κ1) is 13.7. The van der Waals surface area contributed by atoms with Gasteiger partial charge in [-0.1, -0.05) is 22.0 Å². The van der Waals surface area contributed by atoms with Gasteiger partial charge in [-0.25, -0.2) is 4.39 Å². The minimum absolute atomic E-state index is 0.290. The van der Waals surface area contributed by atoms with Gasteiger partial charge < -0.3 is 15.2 Å². The molecule has 0 radical (unpaired) electrons. The Hall–Kier alpha value is -1.75. The summed E-state index contributed by atoms with van der Waals surface area (Å²) in [5.74, 6) is 0.912. The van der Waals surface area contributed by atoms with Crippen LogP contribution in [0, 0.1) is 5.82 Å². The number of hydrogen-bond acceptors (Lipinski definition) is 3.